The maximum Gasteiger partial charge on any atom is 0.306 e. The highest BCUT2D eigenvalue weighted by Gasteiger charge is 2.19. The van der Waals surface area contributed by atoms with Gasteiger partial charge < -0.3 is 14.2 Å². The molecule has 0 aromatic carbocycles. The van der Waals surface area contributed by atoms with Crippen molar-refractivity contribution < 1.29 is 28.6 Å². The van der Waals surface area contributed by atoms with E-state index in [1.54, 1.807) is 0 Å². The second-order valence-corrected chi connectivity index (χ2v) is 17.0. The highest BCUT2D eigenvalue weighted by molar-refractivity contribution is 5.71. The van der Waals surface area contributed by atoms with Crippen LogP contribution in [0.25, 0.3) is 0 Å². The summed E-state index contributed by atoms with van der Waals surface area (Å²) in [6, 6.07) is 0. The Morgan fingerprint density at radius 3 is 0.985 bits per heavy atom. The third-order valence-electron chi connectivity index (χ3n) is 10.8. The maximum atomic E-state index is 12.8. The Morgan fingerprint density at radius 2 is 0.615 bits per heavy atom. The lowest BCUT2D eigenvalue weighted by molar-refractivity contribution is -0.167. The third kappa shape index (κ3) is 50.9. The van der Waals surface area contributed by atoms with Gasteiger partial charge in [-0.05, 0) is 96.3 Å². The number of carbonyl (C=O) groups is 3. The van der Waals surface area contributed by atoms with Crippen molar-refractivity contribution in [1.82, 2.24) is 0 Å². The van der Waals surface area contributed by atoms with Crippen molar-refractivity contribution in [3.63, 3.8) is 0 Å². The quantitative estimate of drug-likeness (QED) is 0.0262. The van der Waals surface area contributed by atoms with Crippen molar-refractivity contribution in [3.05, 3.63) is 109 Å². The summed E-state index contributed by atoms with van der Waals surface area (Å²) < 4.78 is 16.7. The standard InChI is InChI=1S/C59H96O6/c1-4-7-10-13-16-19-21-23-25-27-28-29-30-32-33-35-37-40-43-46-49-52-58(61)64-55-56(54-63-57(60)51-48-45-42-39-18-15-12-9-6-3)65-59(62)53-50-47-44-41-38-36-34-31-26-24-22-20-17-14-11-8-5-2/h7-8,10-11,16-17,19-20,23-26,28-29,34,36,41,44,56H,4-6,9,12-15,18,21-22,27,30-33,35,37-40,42-43,45-55H2,1-3H3/b10-7-,11-8-,19-16-,20-17-,25-23-,26-24-,29-28-,36-34-,44-41-. The highest BCUT2D eigenvalue weighted by atomic mass is 16.6. The lowest BCUT2D eigenvalue weighted by Crippen LogP contribution is -2.30. The van der Waals surface area contributed by atoms with Gasteiger partial charge in [-0.15, -0.1) is 0 Å². The molecule has 0 amide bonds. The van der Waals surface area contributed by atoms with Gasteiger partial charge in [0.25, 0.3) is 0 Å². The molecule has 0 saturated carbocycles. The largest absolute Gasteiger partial charge is 0.462 e. The van der Waals surface area contributed by atoms with Crippen LogP contribution < -0.4 is 0 Å². The summed E-state index contributed by atoms with van der Waals surface area (Å²) in [6.07, 6.45) is 70.8. The molecule has 0 aliphatic rings. The van der Waals surface area contributed by atoms with E-state index in [2.05, 4.69) is 130 Å². The van der Waals surface area contributed by atoms with Crippen LogP contribution >= 0.6 is 0 Å². The summed E-state index contributed by atoms with van der Waals surface area (Å²) in [5.74, 6) is -0.978. The van der Waals surface area contributed by atoms with Gasteiger partial charge in [-0.3, -0.25) is 14.4 Å². The Morgan fingerprint density at radius 1 is 0.323 bits per heavy atom. The zero-order valence-corrected chi connectivity index (χ0v) is 42.0. The molecule has 0 aromatic heterocycles. The van der Waals surface area contributed by atoms with Crippen LogP contribution in [0.15, 0.2) is 109 Å². The fourth-order valence-electron chi connectivity index (χ4n) is 6.88. The summed E-state index contributed by atoms with van der Waals surface area (Å²) in [5, 5.41) is 0. The lowest BCUT2D eigenvalue weighted by Gasteiger charge is -2.18. The molecule has 0 bridgehead atoms. The molecular formula is C59H96O6. The van der Waals surface area contributed by atoms with E-state index in [1.807, 2.05) is 0 Å². The van der Waals surface area contributed by atoms with E-state index < -0.39 is 6.10 Å². The molecule has 0 saturated heterocycles. The molecule has 0 aromatic rings. The molecule has 0 aliphatic heterocycles. The number of allylic oxidation sites excluding steroid dienone is 18. The van der Waals surface area contributed by atoms with E-state index in [0.29, 0.717) is 19.3 Å². The van der Waals surface area contributed by atoms with E-state index in [-0.39, 0.29) is 37.5 Å². The van der Waals surface area contributed by atoms with E-state index in [4.69, 9.17) is 14.2 Å². The second-order valence-electron chi connectivity index (χ2n) is 17.0. The van der Waals surface area contributed by atoms with Crippen molar-refractivity contribution in [2.45, 2.75) is 232 Å². The maximum absolute atomic E-state index is 12.8. The summed E-state index contributed by atoms with van der Waals surface area (Å²) in [4.78, 5) is 37.9. The van der Waals surface area contributed by atoms with Crippen LogP contribution in [0.1, 0.15) is 226 Å². The smallest absolute Gasteiger partial charge is 0.306 e. The Bertz CT molecular complexity index is 1360. The summed E-state index contributed by atoms with van der Waals surface area (Å²) >= 11 is 0. The molecule has 0 radical (unpaired) electrons. The molecule has 0 heterocycles. The Hall–Kier alpha value is -3.93. The Labute approximate surface area is 400 Å². The predicted molar refractivity (Wildman–Crippen MR) is 279 cm³/mol. The topological polar surface area (TPSA) is 78.9 Å². The SMILES string of the molecule is CC/C=C\C/C=C\C/C=C\C/C=C\C/C=C\CCCC(=O)OC(COC(=O)CCCCCCCCCCC)COC(=O)CCCCCCCCCC/C=C\C/C=C\C/C=C\C/C=C\CC. The summed E-state index contributed by atoms with van der Waals surface area (Å²) in [7, 11) is 0. The van der Waals surface area contributed by atoms with Gasteiger partial charge in [-0.2, -0.15) is 0 Å². The van der Waals surface area contributed by atoms with Crippen LogP contribution in [0.5, 0.6) is 0 Å². The number of hydrogen-bond donors (Lipinski definition) is 0. The van der Waals surface area contributed by atoms with E-state index in [0.717, 1.165) is 109 Å². The van der Waals surface area contributed by atoms with Gasteiger partial charge in [0.1, 0.15) is 13.2 Å². The van der Waals surface area contributed by atoms with Gasteiger partial charge in [0.2, 0.25) is 0 Å². The van der Waals surface area contributed by atoms with Crippen molar-refractivity contribution in [3.8, 4) is 0 Å². The minimum atomic E-state index is -0.810. The van der Waals surface area contributed by atoms with Gasteiger partial charge >= 0.3 is 17.9 Å². The molecule has 0 rings (SSSR count). The lowest BCUT2D eigenvalue weighted by atomic mass is 10.1. The number of rotatable bonds is 46. The van der Waals surface area contributed by atoms with Crippen LogP contribution in [0.4, 0.5) is 0 Å². The normalized spacial score (nSPS) is 13.0. The summed E-state index contributed by atoms with van der Waals surface area (Å²) in [6.45, 7) is 6.33. The molecule has 0 aliphatic carbocycles. The zero-order valence-electron chi connectivity index (χ0n) is 42.0. The van der Waals surface area contributed by atoms with Crippen LogP contribution in [-0.4, -0.2) is 37.2 Å². The molecule has 0 N–H and O–H groups in total. The number of unbranched alkanes of at least 4 members (excludes halogenated alkanes) is 17. The predicted octanol–water partition coefficient (Wildman–Crippen LogP) is 17.5. The molecule has 6 nitrogen and oxygen atoms in total. The minimum Gasteiger partial charge on any atom is -0.462 e. The molecule has 0 fully saturated rings. The molecule has 1 unspecified atom stereocenters. The van der Waals surface area contributed by atoms with Crippen LogP contribution in [0.2, 0.25) is 0 Å². The first-order valence-corrected chi connectivity index (χ1v) is 26.4. The number of hydrogen-bond acceptors (Lipinski definition) is 6. The average molecular weight is 901 g/mol. The Kier molecular flexibility index (Phi) is 49.5. The third-order valence-corrected chi connectivity index (χ3v) is 10.8. The molecular weight excluding hydrogens is 805 g/mol. The van der Waals surface area contributed by atoms with E-state index in [9.17, 15) is 14.4 Å². The molecule has 6 heteroatoms. The fraction of sp³-hybridized carbons (Fsp3) is 0.644. The van der Waals surface area contributed by atoms with Crippen molar-refractivity contribution in [2.24, 2.45) is 0 Å². The van der Waals surface area contributed by atoms with Crippen molar-refractivity contribution in [2.75, 3.05) is 13.2 Å². The van der Waals surface area contributed by atoms with E-state index in [1.165, 1.54) is 70.6 Å². The van der Waals surface area contributed by atoms with Gasteiger partial charge in [-0.25, -0.2) is 0 Å². The highest BCUT2D eigenvalue weighted by Crippen LogP contribution is 2.14. The number of esters is 3. The number of ether oxygens (including phenoxy) is 3. The minimum absolute atomic E-state index is 0.104. The van der Waals surface area contributed by atoms with Crippen molar-refractivity contribution in [1.29, 1.82) is 0 Å². The first-order chi connectivity index (χ1) is 32.0. The number of carbonyl (C=O) groups excluding carboxylic acids is 3. The van der Waals surface area contributed by atoms with Crippen molar-refractivity contribution >= 4 is 17.9 Å². The zero-order chi connectivity index (χ0) is 47.2. The molecule has 0 spiro atoms. The fourth-order valence-corrected chi connectivity index (χ4v) is 6.88. The Balaban J connectivity index is 4.41. The van der Waals surface area contributed by atoms with Crippen LogP contribution in [0, 0.1) is 0 Å². The van der Waals surface area contributed by atoms with Gasteiger partial charge in [0.05, 0.1) is 0 Å². The molecule has 368 valence electrons. The van der Waals surface area contributed by atoms with E-state index >= 15 is 0 Å². The first-order valence-electron chi connectivity index (χ1n) is 26.4. The average Bonchev–Trinajstić information content (AvgIpc) is 3.30. The van der Waals surface area contributed by atoms with Gasteiger partial charge in [0, 0.05) is 19.3 Å². The van der Waals surface area contributed by atoms with Gasteiger partial charge in [0.15, 0.2) is 6.10 Å². The van der Waals surface area contributed by atoms with Gasteiger partial charge in [-0.1, -0.05) is 220 Å². The monoisotopic (exact) mass is 901 g/mol. The van der Waals surface area contributed by atoms with Crippen LogP contribution in [-0.2, 0) is 28.6 Å². The molecule has 1 atom stereocenters. The summed E-state index contributed by atoms with van der Waals surface area (Å²) in [5.41, 5.74) is 0. The second kappa shape index (κ2) is 52.7. The first kappa shape index (κ1) is 61.1. The molecule has 65 heavy (non-hydrogen) atoms. The van der Waals surface area contributed by atoms with Crippen LogP contribution in [0.3, 0.4) is 0 Å².